The van der Waals surface area contributed by atoms with Crippen molar-refractivity contribution in [3.63, 3.8) is 0 Å². The molecular formula is C32H28N2O2S. The van der Waals surface area contributed by atoms with E-state index in [1.165, 1.54) is 11.1 Å². The molecule has 0 N–H and O–H groups in total. The van der Waals surface area contributed by atoms with Gasteiger partial charge >= 0.3 is 0 Å². The molecule has 2 aliphatic heterocycles. The molecule has 4 aromatic rings. The standard InChI is InChI=1S/C32H28N2O2S/c1-3-11-23(12-4-1)19-25-21-35-31(33-25)27-15-7-9-17-29(27)37-30-18-10-8-16-28(30)32-34-26(22-36-32)20-24-13-5-2-6-14-24/h1-18,25-26H,19-22H2/t25-,26-/m0/s1. The average Bonchev–Trinajstić information content (AvgIpc) is 3.60. The van der Waals surface area contributed by atoms with Crippen LogP contribution in [-0.4, -0.2) is 37.1 Å². The summed E-state index contributed by atoms with van der Waals surface area (Å²) in [5.41, 5.74) is 4.60. The summed E-state index contributed by atoms with van der Waals surface area (Å²) in [5, 5.41) is 0. The van der Waals surface area contributed by atoms with Crippen molar-refractivity contribution in [1.29, 1.82) is 0 Å². The summed E-state index contributed by atoms with van der Waals surface area (Å²) in [7, 11) is 0. The van der Waals surface area contributed by atoms with E-state index in [1.54, 1.807) is 11.8 Å². The molecule has 0 saturated heterocycles. The lowest BCUT2D eigenvalue weighted by molar-refractivity contribution is 0.316. The summed E-state index contributed by atoms with van der Waals surface area (Å²) in [6.07, 6.45) is 1.76. The molecule has 0 aromatic heterocycles. The fourth-order valence-electron chi connectivity index (χ4n) is 4.69. The molecule has 0 bridgehead atoms. The molecule has 2 heterocycles. The predicted octanol–water partition coefficient (Wildman–Crippen LogP) is 6.61. The van der Waals surface area contributed by atoms with E-state index in [0.29, 0.717) is 13.2 Å². The Kier molecular flexibility index (Phi) is 7.04. The fraction of sp³-hybridized carbons (Fsp3) is 0.188. The maximum atomic E-state index is 6.09. The zero-order valence-corrected chi connectivity index (χ0v) is 21.3. The van der Waals surface area contributed by atoms with Crippen LogP contribution in [0.15, 0.2) is 129 Å². The van der Waals surface area contributed by atoms with Gasteiger partial charge in [0.15, 0.2) is 0 Å². The third kappa shape index (κ3) is 5.62. The van der Waals surface area contributed by atoms with Crippen molar-refractivity contribution in [3.8, 4) is 0 Å². The Hall–Kier alpha value is -3.83. The summed E-state index contributed by atoms with van der Waals surface area (Å²) in [6.45, 7) is 1.21. The molecule has 0 amide bonds. The highest BCUT2D eigenvalue weighted by Gasteiger charge is 2.25. The molecule has 0 fully saturated rings. The molecule has 0 spiro atoms. The smallest absolute Gasteiger partial charge is 0.217 e. The van der Waals surface area contributed by atoms with Crippen LogP contribution < -0.4 is 0 Å². The third-order valence-corrected chi connectivity index (χ3v) is 7.66. The summed E-state index contributed by atoms with van der Waals surface area (Å²) in [5.74, 6) is 1.44. The molecular weight excluding hydrogens is 476 g/mol. The molecule has 5 heteroatoms. The van der Waals surface area contributed by atoms with Crippen molar-refractivity contribution in [3.05, 3.63) is 131 Å². The molecule has 0 aliphatic carbocycles. The van der Waals surface area contributed by atoms with Gasteiger partial charge in [0.25, 0.3) is 0 Å². The van der Waals surface area contributed by atoms with Crippen molar-refractivity contribution in [1.82, 2.24) is 0 Å². The first-order valence-electron chi connectivity index (χ1n) is 12.7. The average molecular weight is 505 g/mol. The van der Waals surface area contributed by atoms with Gasteiger partial charge in [0, 0.05) is 9.79 Å². The van der Waals surface area contributed by atoms with E-state index < -0.39 is 0 Å². The zero-order chi connectivity index (χ0) is 24.9. The van der Waals surface area contributed by atoms with E-state index in [0.717, 1.165) is 45.6 Å². The summed E-state index contributed by atoms with van der Waals surface area (Å²) in [4.78, 5) is 12.1. The lowest BCUT2D eigenvalue weighted by Crippen LogP contribution is -2.09. The Bertz CT molecular complexity index is 1310. The minimum absolute atomic E-state index is 0.130. The predicted molar refractivity (Wildman–Crippen MR) is 150 cm³/mol. The van der Waals surface area contributed by atoms with Crippen molar-refractivity contribution >= 4 is 23.6 Å². The maximum absolute atomic E-state index is 6.09. The molecule has 37 heavy (non-hydrogen) atoms. The lowest BCUT2D eigenvalue weighted by Gasteiger charge is -2.12. The number of hydrogen-bond donors (Lipinski definition) is 0. The minimum Gasteiger partial charge on any atom is -0.475 e. The molecule has 4 nitrogen and oxygen atoms in total. The van der Waals surface area contributed by atoms with E-state index in [1.807, 2.05) is 24.3 Å². The molecule has 4 aromatic carbocycles. The largest absolute Gasteiger partial charge is 0.475 e. The van der Waals surface area contributed by atoms with Crippen LogP contribution in [0, 0.1) is 0 Å². The minimum atomic E-state index is 0.130. The first-order valence-corrected chi connectivity index (χ1v) is 13.5. The number of aliphatic imine (C=N–C) groups is 2. The molecule has 6 rings (SSSR count). The molecule has 184 valence electrons. The Morgan fingerprint density at radius 1 is 0.541 bits per heavy atom. The third-order valence-electron chi connectivity index (χ3n) is 6.51. The van der Waals surface area contributed by atoms with E-state index in [9.17, 15) is 0 Å². The van der Waals surface area contributed by atoms with Crippen LogP contribution in [0.25, 0.3) is 0 Å². The summed E-state index contributed by atoms with van der Waals surface area (Å²) >= 11 is 1.70. The molecule has 0 radical (unpaired) electrons. The SMILES string of the molecule is c1ccc(C[C@H]2COC(c3ccccc3Sc3ccccc3C3=N[C@@H](Cc4ccccc4)CO3)=N2)cc1. The Labute approximate surface area is 222 Å². The number of benzene rings is 4. The van der Waals surface area contributed by atoms with Gasteiger partial charge in [-0.15, -0.1) is 0 Å². The highest BCUT2D eigenvalue weighted by molar-refractivity contribution is 7.99. The van der Waals surface area contributed by atoms with Crippen molar-refractivity contribution in [2.45, 2.75) is 34.7 Å². The van der Waals surface area contributed by atoms with Gasteiger partial charge < -0.3 is 9.47 Å². The van der Waals surface area contributed by atoms with Crippen LogP contribution in [0.1, 0.15) is 22.3 Å². The second-order valence-electron chi connectivity index (χ2n) is 9.27. The van der Waals surface area contributed by atoms with Gasteiger partial charge in [-0.25, -0.2) is 9.98 Å². The Morgan fingerprint density at radius 3 is 1.41 bits per heavy atom. The number of rotatable bonds is 8. The van der Waals surface area contributed by atoms with Crippen molar-refractivity contribution < 1.29 is 9.47 Å². The number of hydrogen-bond acceptors (Lipinski definition) is 5. The van der Waals surface area contributed by atoms with Gasteiger partial charge in [0.1, 0.15) is 13.2 Å². The van der Waals surface area contributed by atoms with Crippen LogP contribution in [0.4, 0.5) is 0 Å². The summed E-state index contributed by atoms with van der Waals surface area (Å²) < 4.78 is 12.2. The van der Waals surface area contributed by atoms with Gasteiger partial charge in [-0.05, 0) is 48.2 Å². The first kappa shape index (κ1) is 23.6. The highest BCUT2D eigenvalue weighted by atomic mass is 32.2. The van der Waals surface area contributed by atoms with Crippen molar-refractivity contribution in [2.75, 3.05) is 13.2 Å². The molecule has 2 atom stereocenters. The first-order chi connectivity index (χ1) is 18.3. The molecule has 2 aliphatic rings. The van der Waals surface area contributed by atoms with Gasteiger partial charge in [0.05, 0.1) is 23.2 Å². The van der Waals surface area contributed by atoms with Gasteiger partial charge in [-0.1, -0.05) is 96.7 Å². The van der Waals surface area contributed by atoms with E-state index in [-0.39, 0.29) is 12.1 Å². The van der Waals surface area contributed by atoms with Crippen LogP contribution in [0.5, 0.6) is 0 Å². The van der Waals surface area contributed by atoms with Gasteiger partial charge in [0.2, 0.25) is 11.8 Å². The van der Waals surface area contributed by atoms with E-state index in [4.69, 9.17) is 19.5 Å². The fourth-order valence-corrected chi connectivity index (χ4v) is 5.75. The monoisotopic (exact) mass is 504 g/mol. The zero-order valence-electron chi connectivity index (χ0n) is 20.5. The van der Waals surface area contributed by atoms with Gasteiger partial charge in [-0.2, -0.15) is 0 Å². The second-order valence-corrected chi connectivity index (χ2v) is 10.4. The highest BCUT2D eigenvalue weighted by Crippen LogP contribution is 2.35. The maximum Gasteiger partial charge on any atom is 0.217 e. The van der Waals surface area contributed by atoms with E-state index >= 15 is 0 Å². The van der Waals surface area contributed by atoms with E-state index in [2.05, 4.69) is 84.9 Å². The Morgan fingerprint density at radius 2 is 0.946 bits per heavy atom. The Balaban J connectivity index is 1.22. The van der Waals surface area contributed by atoms with Crippen LogP contribution in [0.2, 0.25) is 0 Å². The van der Waals surface area contributed by atoms with Gasteiger partial charge in [-0.3, -0.25) is 0 Å². The number of nitrogens with zero attached hydrogens (tertiary/aromatic N) is 2. The topological polar surface area (TPSA) is 43.2 Å². The van der Waals surface area contributed by atoms with Crippen LogP contribution >= 0.6 is 11.8 Å². The quantitative estimate of drug-likeness (QED) is 0.271. The second kappa shape index (κ2) is 11.1. The van der Waals surface area contributed by atoms with Crippen LogP contribution in [0.3, 0.4) is 0 Å². The van der Waals surface area contributed by atoms with Crippen molar-refractivity contribution in [2.24, 2.45) is 9.98 Å². The molecule has 0 unspecified atom stereocenters. The molecule has 0 saturated carbocycles. The number of ether oxygens (including phenoxy) is 2. The normalized spacial score (nSPS) is 18.6. The summed E-state index contributed by atoms with van der Waals surface area (Å²) in [6, 6.07) is 37.9. The van der Waals surface area contributed by atoms with Crippen LogP contribution in [-0.2, 0) is 22.3 Å². The lowest BCUT2D eigenvalue weighted by atomic mass is 10.1.